The Hall–Kier alpha value is -0.690. The fourth-order valence-corrected chi connectivity index (χ4v) is 2.19. The van der Waals surface area contributed by atoms with Crippen LogP contribution in [0.4, 0.5) is 0 Å². The molecule has 2 aliphatic heterocycles. The van der Waals surface area contributed by atoms with Gasteiger partial charge in [-0.3, -0.25) is 9.69 Å². The minimum atomic E-state index is -0.317. The molecule has 6 nitrogen and oxygen atoms in total. The molecule has 6 heteroatoms. The van der Waals surface area contributed by atoms with E-state index in [-0.39, 0.29) is 12.0 Å². The van der Waals surface area contributed by atoms with Gasteiger partial charge in [0.05, 0.1) is 19.8 Å². The second-order valence-electron chi connectivity index (χ2n) is 4.66. The van der Waals surface area contributed by atoms with Crippen molar-refractivity contribution in [3.63, 3.8) is 0 Å². The Kier molecular flexibility index (Phi) is 5.86. The van der Waals surface area contributed by atoms with Crippen molar-refractivity contribution in [3.8, 4) is 0 Å². The summed E-state index contributed by atoms with van der Waals surface area (Å²) in [5.41, 5.74) is 0. The van der Waals surface area contributed by atoms with E-state index in [0.29, 0.717) is 13.2 Å². The van der Waals surface area contributed by atoms with E-state index in [1.165, 1.54) is 0 Å². The number of carbonyl (C=O) groups excluding carboxylic acids is 1. The summed E-state index contributed by atoms with van der Waals surface area (Å²) < 4.78 is 10.7. The Bertz CT molecular complexity index is 251. The van der Waals surface area contributed by atoms with Crippen molar-refractivity contribution in [2.24, 2.45) is 0 Å². The fourth-order valence-electron chi connectivity index (χ4n) is 2.19. The summed E-state index contributed by atoms with van der Waals surface area (Å²) in [6.07, 6.45) is 0.661. The lowest BCUT2D eigenvalue weighted by Gasteiger charge is -2.26. The number of carbonyl (C=O) groups is 1. The number of nitrogens with one attached hydrogen (secondary N) is 2. The Labute approximate surface area is 108 Å². The van der Waals surface area contributed by atoms with Gasteiger partial charge in [-0.2, -0.15) is 0 Å². The smallest absolute Gasteiger partial charge is 0.250 e. The van der Waals surface area contributed by atoms with Crippen LogP contribution in [0.5, 0.6) is 0 Å². The van der Waals surface area contributed by atoms with Crippen molar-refractivity contribution in [1.82, 2.24) is 15.5 Å². The minimum absolute atomic E-state index is 0.00387. The van der Waals surface area contributed by atoms with E-state index >= 15 is 0 Å². The van der Waals surface area contributed by atoms with Crippen molar-refractivity contribution < 1.29 is 14.3 Å². The molecule has 2 heterocycles. The average Bonchev–Trinajstić information content (AvgIpc) is 2.45. The molecule has 2 N–H and O–H groups in total. The van der Waals surface area contributed by atoms with E-state index in [1.54, 1.807) is 0 Å². The molecule has 2 rings (SSSR count). The summed E-state index contributed by atoms with van der Waals surface area (Å²) >= 11 is 0. The van der Waals surface area contributed by atoms with Gasteiger partial charge in [-0.15, -0.1) is 0 Å². The topological polar surface area (TPSA) is 62.8 Å². The molecule has 18 heavy (non-hydrogen) atoms. The molecule has 0 aromatic carbocycles. The van der Waals surface area contributed by atoms with Gasteiger partial charge in [0.25, 0.3) is 0 Å². The first-order chi connectivity index (χ1) is 8.86. The van der Waals surface area contributed by atoms with E-state index in [4.69, 9.17) is 9.47 Å². The molecule has 2 fully saturated rings. The number of ether oxygens (including phenoxy) is 2. The van der Waals surface area contributed by atoms with Crippen LogP contribution in [-0.4, -0.2) is 76.0 Å². The molecule has 1 unspecified atom stereocenters. The van der Waals surface area contributed by atoms with Crippen molar-refractivity contribution in [3.05, 3.63) is 0 Å². The van der Waals surface area contributed by atoms with Crippen LogP contribution in [0.25, 0.3) is 0 Å². The zero-order valence-corrected chi connectivity index (χ0v) is 10.8. The largest absolute Gasteiger partial charge is 0.379 e. The van der Waals surface area contributed by atoms with Gasteiger partial charge in [0.15, 0.2) is 0 Å². The molecule has 2 aliphatic rings. The van der Waals surface area contributed by atoms with E-state index in [9.17, 15) is 4.79 Å². The van der Waals surface area contributed by atoms with Crippen molar-refractivity contribution in [1.29, 1.82) is 0 Å². The summed E-state index contributed by atoms with van der Waals surface area (Å²) in [6.45, 7) is 7.47. The normalized spacial score (nSPS) is 25.9. The SMILES string of the molecule is O=C(NCCCN1CCOCC1)C1CNCCO1. The Morgan fingerprint density at radius 3 is 2.89 bits per heavy atom. The van der Waals surface area contributed by atoms with Crippen LogP contribution >= 0.6 is 0 Å². The van der Waals surface area contributed by atoms with Gasteiger partial charge in [-0.25, -0.2) is 0 Å². The van der Waals surface area contributed by atoms with Crippen LogP contribution in [0.2, 0.25) is 0 Å². The Morgan fingerprint density at radius 1 is 1.33 bits per heavy atom. The average molecular weight is 257 g/mol. The summed E-state index contributed by atoms with van der Waals surface area (Å²) in [5.74, 6) is 0.00387. The molecule has 0 bridgehead atoms. The molecule has 0 saturated carbocycles. The third-order valence-electron chi connectivity index (χ3n) is 3.27. The first-order valence-corrected chi connectivity index (χ1v) is 6.76. The zero-order chi connectivity index (χ0) is 12.6. The number of nitrogens with zero attached hydrogens (tertiary/aromatic N) is 1. The maximum Gasteiger partial charge on any atom is 0.250 e. The number of rotatable bonds is 5. The second-order valence-corrected chi connectivity index (χ2v) is 4.66. The number of amides is 1. The lowest BCUT2D eigenvalue weighted by molar-refractivity contribution is -0.134. The van der Waals surface area contributed by atoms with E-state index in [2.05, 4.69) is 15.5 Å². The molecule has 0 spiro atoms. The van der Waals surface area contributed by atoms with Gasteiger partial charge in [-0.1, -0.05) is 0 Å². The van der Waals surface area contributed by atoms with Crippen molar-refractivity contribution in [2.75, 3.05) is 59.1 Å². The lowest BCUT2D eigenvalue weighted by Crippen LogP contribution is -2.48. The highest BCUT2D eigenvalue weighted by molar-refractivity contribution is 5.81. The van der Waals surface area contributed by atoms with Crippen molar-refractivity contribution in [2.45, 2.75) is 12.5 Å². The molecule has 0 aromatic heterocycles. The fraction of sp³-hybridized carbons (Fsp3) is 0.917. The van der Waals surface area contributed by atoms with Crippen LogP contribution in [0.3, 0.4) is 0 Å². The standard InChI is InChI=1S/C12H23N3O3/c16-12(11-10-13-3-7-18-11)14-2-1-4-15-5-8-17-9-6-15/h11,13H,1-10H2,(H,14,16). The third kappa shape index (κ3) is 4.53. The van der Waals surface area contributed by atoms with Gasteiger partial charge in [-0.05, 0) is 13.0 Å². The summed E-state index contributed by atoms with van der Waals surface area (Å²) in [5, 5.41) is 6.08. The highest BCUT2D eigenvalue weighted by Crippen LogP contribution is 1.98. The van der Waals surface area contributed by atoms with Crippen LogP contribution in [0, 0.1) is 0 Å². The summed E-state index contributed by atoms with van der Waals surface area (Å²) in [7, 11) is 0. The quantitative estimate of drug-likeness (QED) is 0.607. The Morgan fingerprint density at radius 2 is 2.17 bits per heavy atom. The van der Waals surface area contributed by atoms with Crippen LogP contribution in [0.1, 0.15) is 6.42 Å². The van der Waals surface area contributed by atoms with Crippen LogP contribution < -0.4 is 10.6 Å². The molecule has 1 amide bonds. The molecule has 104 valence electrons. The second kappa shape index (κ2) is 7.68. The van der Waals surface area contributed by atoms with E-state index in [1.807, 2.05) is 0 Å². The van der Waals surface area contributed by atoms with E-state index < -0.39 is 0 Å². The maximum absolute atomic E-state index is 11.7. The first-order valence-electron chi connectivity index (χ1n) is 6.76. The Balaban J connectivity index is 1.52. The molecule has 2 saturated heterocycles. The predicted octanol–water partition coefficient (Wildman–Crippen LogP) is -1.19. The highest BCUT2D eigenvalue weighted by Gasteiger charge is 2.21. The van der Waals surface area contributed by atoms with Crippen LogP contribution in [0.15, 0.2) is 0 Å². The summed E-state index contributed by atoms with van der Waals surface area (Å²) in [6, 6.07) is 0. The first kappa shape index (κ1) is 13.7. The van der Waals surface area contributed by atoms with Crippen molar-refractivity contribution >= 4 is 5.91 Å². The van der Waals surface area contributed by atoms with E-state index in [0.717, 1.165) is 52.4 Å². The van der Waals surface area contributed by atoms with Gasteiger partial charge >= 0.3 is 0 Å². The monoisotopic (exact) mass is 257 g/mol. The zero-order valence-electron chi connectivity index (χ0n) is 10.8. The van der Waals surface area contributed by atoms with Gasteiger partial charge in [0.2, 0.25) is 5.91 Å². The molecule has 0 aromatic rings. The summed E-state index contributed by atoms with van der Waals surface area (Å²) in [4.78, 5) is 14.1. The number of hydrogen-bond donors (Lipinski definition) is 2. The number of morpholine rings is 2. The molecule has 0 radical (unpaired) electrons. The van der Waals surface area contributed by atoms with Gasteiger partial charge < -0.3 is 20.1 Å². The predicted molar refractivity (Wildman–Crippen MR) is 67.5 cm³/mol. The molecular weight excluding hydrogens is 234 g/mol. The lowest BCUT2D eigenvalue weighted by atomic mass is 10.2. The highest BCUT2D eigenvalue weighted by atomic mass is 16.5. The van der Waals surface area contributed by atoms with Gasteiger partial charge in [0, 0.05) is 32.7 Å². The molecule has 1 atom stereocenters. The maximum atomic E-state index is 11.7. The molecule has 0 aliphatic carbocycles. The third-order valence-corrected chi connectivity index (χ3v) is 3.27. The van der Waals surface area contributed by atoms with Gasteiger partial charge in [0.1, 0.15) is 6.10 Å². The van der Waals surface area contributed by atoms with Crippen LogP contribution in [-0.2, 0) is 14.3 Å². The minimum Gasteiger partial charge on any atom is -0.379 e. The number of hydrogen-bond acceptors (Lipinski definition) is 5. The molecular formula is C12H23N3O3.